The molecule has 1 amide bonds. The van der Waals surface area contributed by atoms with E-state index in [9.17, 15) is 4.79 Å². The minimum Gasteiger partial charge on any atom is -0.378 e. The number of hydrogen-bond acceptors (Lipinski definition) is 5. The lowest BCUT2D eigenvalue weighted by Crippen LogP contribution is -2.52. The molecule has 3 saturated heterocycles. The molecule has 0 unspecified atom stereocenters. The quantitative estimate of drug-likeness (QED) is 0.654. The first-order chi connectivity index (χ1) is 16.7. The van der Waals surface area contributed by atoms with Crippen LogP contribution in [-0.2, 0) is 14.2 Å². The summed E-state index contributed by atoms with van der Waals surface area (Å²) < 4.78 is 18.4. The molecule has 0 saturated carbocycles. The third kappa shape index (κ3) is 4.99. The number of morpholine rings is 1. The van der Waals surface area contributed by atoms with E-state index in [1.807, 2.05) is 29.2 Å². The molecular weight excluding hydrogens is 428 g/mol. The number of benzene rings is 2. The molecule has 0 bridgehead atoms. The topological polar surface area (TPSA) is 51.2 Å². The Hall–Kier alpha value is -2.41. The van der Waals surface area contributed by atoms with Crippen LogP contribution in [0.3, 0.4) is 0 Å². The average molecular weight is 465 g/mol. The van der Waals surface area contributed by atoms with Gasteiger partial charge in [0.05, 0.1) is 36.6 Å². The Kier molecular flexibility index (Phi) is 7.18. The molecule has 2 atom stereocenters. The predicted octanol–water partition coefficient (Wildman–Crippen LogP) is 4.45. The molecular formula is C28H36N2O4. The van der Waals surface area contributed by atoms with Gasteiger partial charge in [0.25, 0.3) is 5.91 Å². The van der Waals surface area contributed by atoms with Crippen molar-refractivity contribution in [3.63, 3.8) is 0 Å². The van der Waals surface area contributed by atoms with Crippen LogP contribution in [0.15, 0.2) is 54.6 Å². The molecule has 6 nitrogen and oxygen atoms in total. The van der Waals surface area contributed by atoms with Gasteiger partial charge in [-0.05, 0) is 37.5 Å². The Bertz CT molecular complexity index is 952. The number of rotatable bonds is 5. The molecule has 6 heteroatoms. The standard InChI is InChI=1S/C28H36N2O4/c1-2-33-23-20-26(22-8-4-3-5-9-22)34-28(21-23)12-14-30(15-13-28)27(31)24-10-6-7-11-25(24)29-16-18-32-19-17-29/h3-11,23,26H,2,12-21H2,1H3/t23-,26-/m0/s1. The lowest BCUT2D eigenvalue weighted by Gasteiger charge is -2.49. The number of anilines is 1. The molecule has 2 aromatic carbocycles. The van der Waals surface area contributed by atoms with Crippen LogP contribution >= 0.6 is 0 Å². The van der Waals surface area contributed by atoms with Crippen molar-refractivity contribution in [2.24, 2.45) is 0 Å². The minimum atomic E-state index is -0.237. The van der Waals surface area contributed by atoms with Gasteiger partial charge in [0.2, 0.25) is 0 Å². The van der Waals surface area contributed by atoms with E-state index >= 15 is 0 Å². The van der Waals surface area contributed by atoms with Gasteiger partial charge in [-0.1, -0.05) is 42.5 Å². The summed E-state index contributed by atoms with van der Waals surface area (Å²) in [5, 5.41) is 0. The summed E-state index contributed by atoms with van der Waals surface area (Å²) in [6.45, 7) is 7.23. The van der Waals surface area contributed by atoms with Crippen LogP contribution in [0.1, 0.15) is 54.6 Å². The highest BCUT2D eigenvalue weighted by atomic mass is 16.5. The molecule has 3 fully saturated rings. The zero-order valence-electron chi connectivity index (χ0n) is 20.2. The molecule has 0 aliphatic carbocycles. The Labute approximate surface area is 202 Å². The molecule has 1 spiro atoms. The van der Waals surface area contributed by atoms with Crippen LogP contribution < -0.4 is 4.90 Å². The minimum absolute atomic E-state index is 0.0378. The largest absolute Gasteiger partial charge is 0.378 e. The Morgan fingerprint density at radius 2 is 1.71 bits per heavy atom. The number of likely N-dealkylation sites (tertiary alicyclic amines) is 1. The first kappa shape index (κ1) is 23.3. The number of carbonyl (C=O) groups is 1. The van der Waals surface area contributed by atoms with E-state index in [1.54, 1.807) is 0 Å². The van der Waals surface area contributed by atoms with E-state index < -0.39 is 0 Å². The number of hydrogen-bond donors (Lipinski definition) is 0. The van der Waals surface area contributed by atoms with E-state index in [4.69, 9.17) is 14.2 Å². The molecule has 182 valence electrons. The van der Waals surface area contributed by atoms with Crippen molar-refractivity contribution in [1.82, 2.24) is 4.90 Å². The van der Waals surface area contributed by atoms with Gasteiger partial charge in [-0.2, -0.15) is 0 Å². The van der Waals surface area contributed by atoms with Crippen molar-refractivity contribution in [2.45, 2.75) is 50.4 Å². The molecule has 0 N–H and O–H groups in total. The summed E-state index contributed by atoms with van der Waals surface area (Å²) in [5.41, 5.74) is 2.79. The summed E-state index contributed by atoms with van der Waals surface area (Å²) in [6.07, 6.45) is 3.69. The van der Waals surface area contributed by atoms with Crippen LogP contribution in [0.5, 0.6) is 0 Å². The second-order valence-electron chi connectivity index (χ2n) is 9.63. The normalized spacial score (nSPS) is 24.9. The summed E-state index contributed by atoms with van der Waals surface area (Å²) >= 11 is 0. The lowest BCUT2D eigenvalue weighted by atomic mass is 9.80. The van der Waals surface area contributed by atoms with E-state index in [2.05, 4.69) is 42.2 Å². The van der Waals surface area contributed by atoms with Gasteiger partial charge in [0, 0.05) is 51.3 Å². The van der Waals surface area contributed by atoms with E-state index in [0.717, 1.165) is 50.0 Å². The first-order valence-corrected chi connectivity index (χ1v) is 12.7. The van der Waals surface area contributed by atoms with Gasteiger partial charge >= 0.3 is 0 Å². The number of amides is 1. The van der Waals surface area contributed by atoms with Gasteiger partial charge < -0.3 is 24.0 Å². The van der Waals surface area contributed by atoms with Crippen molar-refractivity contribution in [3.8, 4) is 0 Å². The molecule has 2 aromatic rings. The molecule has 3 heterocycles. The fourth-order valence-electron chi connectivity index (χ4n) is 5.71. The van der Waals surface area contributed by atoms with Crippen LogP contribution in [-0.4, -0.2) is 68.5 Å². The SMILES string of the molecule is CCO[C@H]1C[C@@H](c2ccccc2)OC2(CCN(C(=O)c3ccccc3N3CCOCC3)CC2)C1. The van der Waals surface area contributed by atoms with E-state index in [-0.39, 0.29) is 23.7 Å². The monoisotopic (exact) mass is 464 g/mol. The van der Waals surface area contributed by atoms with Crippen LogP contribution in [0, 0.1) is 0 Å². The van der Waals surface area contributed by atoms with Gasteiger partial charge in [-0.3, -0.25) is 4.79 Å². The van der Waals surface area contributed by atoms with Gasteiger partial charge in [-0.25, -0.2) is 0 Å². The summed E-state index contributed by atoms with van der Waals surface area (Å²) in [5.74, 6) is 0.119. The maximum absolute atomic E-state index is 13.6. The van der Waals surface area contributed by atoms with Gasteiger partial charge in [0.15, 0.2) is 0 Å². The van der Waals surface area contributed by atoms with Gasteiger partial charge in [0.1, 0.15) is 0 Å². The highest BCUT2D eigenvalue weighted by Crippen LogP contribution is 2.44. The van der Waals surface area contributed by atoms with Crippen LogP contribution in [0.2, 0.25) is 0 Å². The molecule has 5 rings (SSSR count). The molecule has 0 aromatic heterocycles. The third-order valence-corrected chi connectivity index (χ3v) is 7.49. The zero-order chi connectivity index (χ0) is 23.4. The number of piperidine rings is 1. The summed E-state index contributed by atoms with van der Waals surface area (Å²) in [7, 11) is 0. The second-order valence-corrected chi connectivity index (χ2v) is 9.63. The first-order valence-electron chi connectivity index (χ1n) is 12.7. The van der Waals surface area contributed by atoms with Crippen molar-refractivity contribution in [1.29, 1.82) is 0 Å². The highest BCUT2D eigenvalue weighted by Gasteiger charge is 2.45. The number of para-hydroxylation sites is 1. The van der Waals surface area contributed by atoms with Gasteiger partial charge in [-0.15, -0.1) is 0 Å². The third-order valence-electron chi connectivity index (χ3n) is 7.49. The maximum Gasteiger partial charge on any atom is 0.255 e. The Morgan fingerprint density at radius 3 is 2.44 bits per heavy atom. The fraction of sp³-hybridized carbons (Fsp3) is 0.536. The lowest BCUT2D eigenvalue weighted by molar-refractivity contribution is -0.190. The molecule has 3 aliphatic rings. The smallest absolute Gasteiger partial charge is 0.255 e. The van der Waals surface area contributed by atoms with Crippen LogP contribution in [0.4, 0.5) is 5.69 Å². The zero-order valence-corrected chi connectivity index (χ0v) is 20.2. The van der Waals surface area contributed by atoms with Crippen molar-refractivity contribution in [3.05, 3.63) is 65.7 Å². The predicted molar refractivity (Wildman–Crippen MR) is 132 cm³/mol. The number of carbonyl (C=O) groups excluding carboxylic acids is 1. The Morgan fingerprint density at radius 1 is 1.00 bits per heavy atom. The number of ether oxygens (including phenoxy) is 3. The van der Waals surface area contributed by atoms with Crippen LogP contribution in [0.25, 0.3) is 0 Å². The van der Waals surface area contributed by atoms with Crippen molar-refractivity contribution >= 4 is 11.6 Å². The Balaban J connectivity index is 1.29. The molecule has 0 radical (unpaired) electrons. The summed E-state index contributed by atoms with van der Waals surface area (Å²) in [6, 6.07) is 18.5. The average Bonchev–Trinajstić information content (AvgIpc) is 2.90. The molecule has 34 heavy (non-hydrogen) atoms. The highest BCUT2D eigenvalue weighted by molar-refractivity contribution is 6.00. The second kappa shape index (κ2) is 10.5. The van der Waals surface area contributed by atoms with Crippen molar-refractivity contribution in [2.75, 3.05) is 50.9 Å². The fourth-order valence-corrected chi connectivity index (χ4v) is 5.71. The maximum atomic E-state index is 13.6. The van der Waals surface area contributed by atoms with E-state index in [1.165, 1.54) is 5.56 Å². The summed E-state index contributed by atoms with van der Waals surface area (Å²) in [4.78, 5) is 17.9. The molecule has 3 aliphatic heterocycles. The van der Waals surface area contributed by atoms with Crippen molar-refractivity contribution < 1.29 is 19.0 Å². The number of nitrogens with zero attached hydrogens (tertiary/aromatic N) is 2. The van der Waals surface area contributed by atoms with E-state index in [0.29, 0.717) is 32.9 Å².